The lowest BCUT2D eigenvalue weighted by molar-refractivity contribution is -0.121. The molecule has 100 heavy (non-hydrogen) atoms. The number of carbonyl (C=O) groups is 5. The summed E-state index contributed by atoms with van der Waals surface area (Å²) >= 11 is 0. The zero-order valence-corrected chi connectivity index (χ0v) is 68.1. The molecule has 0 aromatic carbocycles. The molecular formula is C95H172O5. The fourth-order valence-electron chi connectivity index (χ4n) is 14.9. The summed E-state index contributed by atoms with van der Waals surface area (Å²) in [6, 6.07) is 0. The van der Waals surface area contributed by atoms with Crippen LogP contribution < -0.4 is 0 Å². The standard InChI is InChI=1S/C95H172O5/c1-7-12-17-22-23-24-25-26-27-28-29-30-44-53-66-79-92(97)83-89(72-59-19-14-9-3)76-63-50-41-33-36-46-55-68-81-94(99)85-91(74-61-21-16-11-5)78-65-52-43-35-38-47-56-69-82-95(100)86-90(73-60-20-15-10-4)77-64-51-42-34-37-45-54-67-80-93(98)84-88(71-58-18-13-8-2)75-62-49-40-32-31-39-48-57-70-87(6)96/h26-27,49-52,62-65,88-91H,7-25,28-48,53-61,66-86H2,1-6H3/b27-26+,62-49-,63-50-,64-51+,65-52-. The highest BCUT2D eigenvalue weighted by Gasteiger charge is 2.17. The van der Waals surface area contributed by atoms with Crippen molar-refractivity contribution in [3.8, 4) is 0 Å². The number of allylic oxidation sites excluding steroid dienone is 10. The molecule has 0 heterocycles. The highest BCUT2D eigenvalue weighted by atomic mass is 16.1. The molecule has 0 rings (SSSR count). The van der Waals surface area contributed by atoms with E-state index in [1.165, 1.54) is 289 Å². The monoisotopic (exact) mass is 1390 g/mol. The molecule has 0 aromatic heterocycles. The van der Waals surface area contributed by atoms with Crippen molar-refractivity contribution in [1.29, 1.82) is 0 Å². The molecule has 0 radical (unpaired) electrons. The van der Waals surface area contributed by atoms with Crippen molar-refractivity contribution in [2.24, 2.45) is 23.7 Å². The SMILES string of the molecule is CCCCCCCC/C=C/CCCCCCCC(=O)CC(C/C=C\CCCCCCCC(=O)CC(C/C=C\CCCCCCCC(=O)CC(C/C=C/CCCCCCCC(=O)CC(C/C=C\CCCCCCCC(C)=O)CCCCCC)CCCCCC)CCCCCC)CCCCCC. The molecule has 0 fully saturated rings. The zero-order chi connectivity index (χ0) is 72.8. The molecule has 5 nitrogen and oxygen atoms in total. The first-order valence-corrected chi connectivity index (χ1v) is 44.9. The summed E-state index contributed by atoms with van der Waals surface area (Å²) < 4.78 is 0. The van der Waals surface area contributed by atoms with Crippen molar-refractivity contribution < 1.29 is 24.0 Å². The Morgan fingerprint density at radius 1 is 0.200 bits per heavy atom. The largest absolute Gasteiger partial charge is 0.300 e. The lowest BCUT2D eigenvalue weighted by Crippen LogP contribution is -2.08. The maximum absolute atomic E-state index is 13.3. The number of ketones is 5. The Labute approximate surface area is 624 Å². The maximum atomic E-state index is 13.3. The molecule has 5 heteroatoms. The van der Waals surface area contributed by atoms with E-state index in [1.54, 1.807) is 6.92 Å². The van der Waals surface area contributed by atoms with Crippen LogP contribution in [0, 0.1) is 23.7 Å². The molecular weight excluding hydrogens is 1220 g/mol. The molecule has 0 spiro atoms. The second-order valence-electron chi connectivity index (χ2n) is 31.9. The van der Waals surface area contributed by atoms with Gasteiger partial charge in [0.2, 0.25) is 0 Å². The van der Waals surface area contributed by atoms with Gasteiger partial charge in [-0.3, -0.25) is 19.2 Å². The molecule has 0 bridgehead atoms. The fourth-order valence-corrected chi connectivity index (χ4v) is 14.9. The number of rotatable bonds is 83. The molecule has 0 aliphatic rings. The lowest BCUT2D eigenvalue weighted by Gasteiger charge is -2.14. The van der Waals surface area contributed by atoms with E-state index < -0.39 is 0 Å². The summed E-state index contributed by atoms with van der Waals surface area (Å²) in [7, 11) is 0. The Balaban J connectivity index is 4.51. The van der Waals surface area contributed by atoms with Crippen LogP contribution in [0.2, 0.25) is 0 Å². The van der Waals surface area contributed by atoms with Crippen molar-refractivity contribution in [2.75, 3.05) is 0 Å². The Kier molecular flexibility index (Phi) is 77.8. The van der Waals surface area contributed by atoms with E-state index in [-0.39, 0.29) is 0 Å². The summed E-state index contributed by atoms with van der Waals surface area (Å²) in [4.78, 5) is 63.9. The van der Waals surface area contributed by atoms with Crippen molar-refractivity contribution in [3.05, 3.63) is 60.8 Å². The van der Waals surface area contributed by atoms with Crippen LogP contribution in [0.15, 0.2) is 60.8 Å². The minimum Gasteiger partial charge on any atom is -0.300 e. The Morgan fingerprint density at radius 3 is 0.580 bits per heavy atom. The number of hydrogen-bond donors (Lipinski definition) is 0. The average Bonchev–Trinajstić information content (AvgIpc) is 1.76. The van der Waals surface area contributed by atoms with Crippen LogP contribution in [0.3, 0.4) is 0 Å². The van der Waals surface area contributed by atoms with Gasteiger partial charge in [-0.1, -0.05) is 327 Å². The van der Waals surface area contributed by atoms with Crippen molar-refractivity contribution >= 4 is 28.9 Å². The molecule has 0 saturated heterocycles. The molecule has 4 unspecified atom stereocenters. The van der Waals surface area contributed by atoms with E-state index in [2.05, 4.69) is 95.4 Å². The van der Waals surface area contributed by atoms with Gasteiger partial charge in [-0.2, -0.15) is 0 Å². The minimum atomic E-state index is 0.309. The first-order chi connectivity index (χ1) is 49.1. The van der Waals surface area contributed by atoms with Gasteiger partial charge < -0.3 is 4.79 Å². The van der Waals surface area contributed by atoms with Crippen molar-refractivity contribution in [3.63, 3.8) is 0 Å². The molecule has 0 aliphatic carbocycles. The quantitative estimate of drug-likeness (QED) is 0.0447. The smallest absolute Gasteiger partial charge is 0.133 e. The molecule has 0 saturated carbocycles. The van der Waals surface area contributed by atoms with Crippen LogP contribution in [0.5, 0.6) is 0 Å². The van der Waals surface area contributed by atoms with Crippen LogP contribution in [-0.4, -0.2) is 28.9 Å². The first kappa shape index (κ1) is 97.0. The van der Waals surface area contributed by atoms with E-state index >= 15 is 0 Å². The van der Waals surface area contributed by atoms with Gasteiger partial charge in [0.1, 0.15) is 28.9 Å². The number of hydrogen-bond acceptors (Lipinski definition) is 5. The summed E-state index contributed by atoms with van der Waals surface area (Å²) in [5.74, 6) is 4.19. The van der Waals surface area contributed by atoms with E-state index in [1.807, 2.05) is 0 Å². The summed E-state index contributed by atoms with van der Waals surface area (Å²) in [6.07, 6.45) is 105. The summed E-state index contributed by atoms with van der Waals surface area (Å²) in [5.41, 5.74) is 0. The topological polar surface area (TPSA) is 85.3 Å². The Hall–Kier alpha value is -2.95. The van der Waals surface area contributed by atoms with Crippen LogP contribution in [-0.2, 0) is 24.0 Å². The molecule has 582 valence electrons. The van der Waals surface area contributed by atoms with Gasteiger partial charge in [0, 0.05) is 57.8 Å². The fraction of sp³-hybridized carbons (Fsp3) is 0.842. The number of unbranched alkanes of at least 4 members (excludes halogenated alkanes) is 43. The van der Waals surface area contributed by atoms with Gasteiger partial charge in [-0.05, 0) is 191 Å². The Morgan fingerprint density at radius 2 is 0.370 bits per heavy atom. The van der Waals surface area contributed by atoms with Gasteiger partial charge in [-0.25, -0.2) is 0 Å². The molecule has 0 aromatic rings. The minimum absolute atomic E-state index is 0.309. The third-order valence-corrected chi connectivity index (χ3v) is 21.6. The van der Waals surface area contributed by atoms with E-state index in [0.717, 1.165) is 161 Å². The van der Waals surface area contributed by atoms with Gasteiger partial charge in [0.15, 0.2) is 0 Å². The van der Waals surface area contributed by atoms with Gasteiger partial charge in [0.25, 0.3) is 0 Å². The van der Waals surface area contributed by atoms with Crippen LogP contribution >= 0.6 is 0 Å². The normalized spacial score (nSPS) is 13.3. The van der Waals surface area contributed by atoms with Crippen LogP contribution in [0.25, 0.3) is 0 Å². The number of carbonyl (C=O) groups excluding carboxylic acids is 5. The van der Waals surface area contributed by atoms with E-state index in [9.17, 15) is 24.0 Å². The zero-order valence-electron chi connectivity index (χ0n) is 68.1. The number of Topliss-reactive ketones (excluding diaryl/α,β-unsaturated/α-hetero) is 5. The second-order valence-corrected chi connectivity index (χ2v) is 31.9. The molecule has 0 amide bonds. The third kappa shape index (κ3) is 74.8. The van der Waals surface area contributed by atoms with Gasteiger partial charge in [0.05, 0.1) is 0 Å². The van der Waals surface area contributed by atoms with Crippen LogP contribution in [0.4, 0.5) is 0 Å². The highest BCUT2D eigenvalue weighted by molar-refractivity contribution is 5.79. The van der Waals surface area contributed by atoms with Crippen molar-refractivity contribution in [1.82, 2.24) is 0 Å². The predicted molar refractivity (Wildman–Crippen MR) is 442 cm³/mol. The molecule has 0 aliphatic heterocycles. The Bertz CT molecular complexity index is 1930. The van der Waals surface area contributed by atoms with Gasteiger partial charge >= 0.3 is 0 Å². The summed E-state index contributed by atoms with van der Waals surface area (Å²) in [5, 5.41) is 0. The van der Waals surface area contributed by atoms with Gasteiger partial charge in [-0.15, -0.1) is 0 Å². The molecule has 0 N–H and O–H groups in total. The molecule has 4 atom stereocenters. The lowest BCUT2D eigenvalue weighted by atomic mass is 9.90. The van der Waals surface area contributed by atoms with E-state index in [4.69, 9.17) is 0 Å². The predicted octanol–water partition coefficient (Wildman–Crippen LogP) is 31.5. The second kappa shape index (κ2) is 80.2. The highest BCUT2D eigenvalue weighted by Crippen LogP contribution is 2.27. The summed E-state index contributed by atoms with van der Waals surface area (Å²) in [6.45, 7) is 13.1. The van der Waals surface area contributed by atoms with Crippen LogP contribution in [0.1, 0.15) is 491 Å². The van der Waals surface area contributed by atoms with Crippen molar-refractivity contribution in [2.45, 2.75) is 491 Å². The third-order valence-electron chi connectivity index (χ3n) is 21.6. The first-order valence-electron chi connectivity index (χ1n) is 44.9. The average molecular weight is 1390 g/mol. The van der Waals surface area contributed by atoms with E-state index in [0.29, 0.717) is 52.6 Å². The maximum Gasteiger partial charge on any atom is 0.133 e.